The Balaban J connectivity index is 1.82. The number of carboxylic acid groups (broad SMARTS) is 1. The van der Waals surface area contributed by atoms with E-state index in [0.29, 0.717) is 12.8 Å². The molecule has 1 aliphatic carbocycles. The monoisotopic (exact) mass is 265 g/mol. The Morgan fingerprint density at radius 3 is 2.58 bits per heavy atom. The molecule has 1 fully saturated rings. The van der Waals surface area contributed by atoms with Crippen molar-refractivity contribution in [2.75, 3.05) is 0 Å². The summed E-state index contributed by atoms with van der Waals surface area (Å²) in [7, 11) is 0. The number of rotatable bonds is 4. The molecule has 0 bridgehead atoms. The van der Waals surface area contributed by atoms with Crippen molar-refractivity contribution < 1.29 is 14.7 Å². The van der Waals surface area contributed by atoms with Crippen LogP contribution in [0.3, 0.4) is 0 Å². The molecule has 19 heavy (non-hydrogen) atoms. The van der Waals surface area contributed by atoms with Crippen LogP contribution in [0.2, 0.25) is 0 Å². The summed E-state index contributed by atoms with van der Waals surface area (Å²) in [6, 6.07) is 1.52. The molecular weight excluding hydrogens is 246 g/mol. The molecule has 1 unspecified atom stereocenters. The highest BCUT2D eigenvalue weighted by Gasteiger charge is 2.27. The highest BCUT2D eigenvalue weighted by atomic mass is 16.4. The van der Waals surface area contributed by atoms with E-state index in [2.05, 4.69) is 10.4 Å². The van der Waals surface area contributed by atoms with Crippen molar-refractivity contribution in [3.63, 3.8) is 0 Å². The third-order valence-electron chi connectivity index (χ3n) is 3.72. The molecule has 0 saturated heterocycles. The first-order chi connectivity index (χ1) is 9.08. The van der Waals surface area contributed by atoms with E-state index in [1.54, 1.807) is 30.1 Å². The van der Waals surface area contributed by atoms with Crippen LogP contribution in [0.4, 0.5) is 0 Å². The number of nitrogens with zero attached hydrogens (tertiary/aromatic N) is 2. The van der Waals surface area contributed by atoms with Gasteiger partial charge in [-0.3, -0.25) is 14.3 Å². The summed E-state index contributed by atoms with van der Waals surface area (Å²) in [5.74, 6) is -1.05. The third-order valence-corrected chi connectivity index (χ3v) is 3.72. The molecule has 2 N–H and O–H groups in total. The molecule has 104 valence electrons. The smallest absolute Gasteiger partial charge is 0.306 e. The fourth-order valence-electron chi connectivity index (χ4n) is 2.44. The molecule has 6 heteroatoms. The highest BCUT2D eigenvalue weighted by molar-refractivity contribution is 5.80. The van der Waals surface area contributed by atoms with Crippen LogP contribution in [0.1, 0.15) is 38.6 Å². The molecule has 0 spiro atoms. The number of hydrogen-bond donors (Lipinski definition) is 2. The van der Waals surface area contributed by atoms with Gasteiger partial charge in [0.1, 0.15) is 6.04 Å². The van der Waals surface area contributed by atoms with Crippen LogP contribution in [0.15, 0.2) is 18.5 Å². The molecule has 0 aliphatic heterocycles. The fourth-order valence-corrected chi connectivity index (χ4v) is 2.44. The van der Waals surface area contributed by atoms with E-state index in [1.165, 1.54) is 0 Å². The number of amides is 1. The second kappa shape index (κ2) is 5.86. The number of nitrogens with one attached hydrogen (secondary N) is 1. The lowest BCUT2D eigenvalue weighted by Gasteiger charge is -2.27. The molecule has 0 radical (unpaired) electrons. The van der Waals surface area contributed by atoms with Gasteiger partial charge in [0.2, 0.25) is 5.91 Å². The van der Waals surface area contributed by atoms with Crippen molar-refractivity contribution in [3.05, 3.63) is 18.5 Å². The van der Waals surface area contributed by atoms with Crippen LogP contribution in [0, 0.1) is 5.92 Å². The van der Waals surface area contributed by atoms with Gasteiger partial charge < -0.3 is 10.4 Å². The highest BCUT2D eigenvalue weighted by Crippen LogP contribution is 2.24. The molecule has 6 nitrogen and oxygen atoms in total. The fraction of sp³-hybridized carbons (Fsp3) is 0.615. The molecule has 1 saturated carbocycles. The molecule has 1 aromatic rings. The third kappa shape index (κ3) is 3.33. The summed E-state index contributed by atoms with van der Waals surface area (Å²) in [6.07, 6.45) is 6.13. The van der Waals surface area contributed by atoms with Crippen molar-refractivity contribution in [3.8, 4) is 0 Å². The van der Waals surface area contributed by atoms with E-state index in [1.807, 2.05) is 0 Å². The number of carboxylic acids is 1. The SMILES string of the molecule is CC(C(=O)NC1CCC(C(=O)O)CC1)n1cccn1. The van der Waals surface area contributed by atoms with Gasteiger partial charge in [-0.1, -0.05) is 0 Å². The second-order valence-corrected chi connectivity index (χ2v) is 5.06. The number of carbonyl (C=O) groups is 2. The van der Waals surface area contributed by atoms with Gasteiger partial charge in [0, 0.05) is 18.4 Å². The van der Waals surface area contributed by atoms with Crippen molar-refractivity contribution in [2.45, 2.75) is 44.7 Å². The Bertz CT molecular complexity index is 436. The van der Waals surface area contributed by atoms with Crippen LogP contribution >= 0.6 is 0 Å². The van der Waals surface area contributed by atoms with E-state index in [4.69, 9.17) is 5.11 Å². The quantitative estimate of drug-likeness (QED) is 0.856. The van der Waals surface area contributed by atoms with E-state index in [0.717, 1.165) is 12.8 Å². The van der Waals surface area contributed by atoms with Crippen LogP contribution in [-0.2, 0) is 9.59 Å². The molecule has 2 rings (SSSR count). The average molecular weight is 265 g/mol. The summed E-state index contributed by atoms with van der Waals surface area (Å²) >= 11 is 0. The van der Waals surface area contributed by atoms with Gasteiger partial charge >= 0.3 is 5.97 Å². The van der Waals surface area contributed by atoms with Gasteiger partial charge in [-0.15, -0.1) is 0 Å². The maximum absolute atomic E-state index is 12.0. The Morgan fingerprint density at radius 2 is 2.05 bits per heavy atom. The molecule has 1 atom stereocenters. The van der Waals surface area contributed by atoms with E-state index < -0.39 is 5.97 Å². The zero-order valence-electron chi connectivity index (χ0n) is 11.0. The van der Waals surface area contributed by atoms with Crippen LogP contribution in [0.25, 0.3) is 0 Å². The first-order valence-corrected chi connectivity index (χ1v) is 6.60. The van der Waals surface area contributed by atoms with Gasteiger partial charge in [-0.05, 0) is 38.7 Å². The normalized spacial score (nSPS) is 24.7. The topological polar surface area (TPSA) is 84.2 Å². The van der Waals surface area contributed by atoms with Crippen LogP contribution in [-0.4, -0.2) is 32.8 Å². The number of carbonyl (C=O) groups excluding carboxylic acids is 1. The van der Waals surface area contributed by atoms with Gasteiger partial charge in [-0.2, -0.15) is 5.10 Å². The first kappa shape index (κ1) is 13.6. The number of hydrogen-bond acceptors (Lipinski definition) is 3. The van der Waals surface area contributed by atoms with E-state index in [9.17, 15) is 9.59 Å². The number of aromatic nitrogens is 2. The summed E-state index contributed by atoms with van der Waals surface area (Å²) in [5.41, 5.74) is 0. The number of aliphatic carboxylic acids is 1. The lowest BCUT2D eigenvalue weighted by molar-refractivity contribution is -0.142. The van der Waals surface area contributed by atoms with Crippen LogP contribution in [0.5, 0.6) is 0 Å². The van der Waals surface area contributed by atoms with Gasteiger partial charge in [0.05, 0.1) is 5.92 Å². The Morgan fingerprint density at radius 1 is 1.37 bits per heavy atom. The van der Waals surface area contributed by atoms with Gasteiger partial charge in [0.25, 0.3) is 0 Å². The van der Waals surface area contributed by atoms with Gasteiger partial charge in [-0.25, -0.2) is 0 Å². The van der Waals surface area contributed by atoms with Gasteiger partial charge in [0.15, 0.2) is 0 Å². The standard InChI is InChI=1S/C13H19N3O3/c1-9(16-8-2-7-14-16)12(17)15-11-5-3-10(4-6-11)13(18)19/h2,7-11H,3-6H2,1H3,(H,15,17)(H,18,19). The lowest BCUT2D eigenvalue weighted by Crippen LogP contribution is -2.41. The maximum Gasteiger partial charge on any atom is 0.306 e. The first-order valence-electron chi connectivity index (χ1n) is 6.60. The Hall–Kier alpha value is -1.85. The van der Waals surface area contributed by atoms with Crippen molar-refractivity contribution in [1.82, 2.24) is 15.1 Å². The molecule has 1 heterocycles. The lowest BCUT2D eigenvalue weighted by atomic mass is 9.86. The molecule has 1 aliphatic rings. The minimum absolute atomic E-state index is 0.0672. The maximum atomic E-state index is 12.0. The minimum Gasteiger partial charge on any atom is -0.481 e. The zero-order chi connectivity index (χ0) is 13.8. The summed E-state index contributed by atoms with van der Waals surface area (Å²) in [6.45, 7) is 1.80. The van der Waals surface area contributed by atoms with Crippen molar-refractivity contribution in [2.24, 2.45) is 5.92 Å². The molecule has 1 aromatic heterocycles. The average Bonchev–Trinajstić information content (AvgIpc) is 2.92. The Labute approximate surface area is 111 Å². The predicted molar refractivity (Wildman–Crippen MR) is 68.5 cm³/mol. The summed E-state index contributed by atoms with van der Waals surface area (Å²) < 4.78 is 1.61. The minimum atomic E-state index is -0.727. The molecule has 0 aromatic carbocycles. The van der Waals surface area contributed by atoms with E-state index >= 15 is 0 Å². The Kier molecular flexibility index (Phi) is 4.19. The molecule has 1 amide bonds. The summed E-state index contributed by atoms with van der Waals surface area (Å²) in [4.78, 5) is 22.9. The van der Waals surface area contributed by atoms with Crippen molar-refractivity contribution >= 4 is 11.9 Å². The predicted octanol–water partition coefficient (Wildman–Crippen LogP) is 1.20. The molecular formula is C13H19N3O3. The zero-order valence-corrected chi connectivity index (χ0v) is 11.0. The van der Waals surface area contributed by atoms with E-state index in [-0.39, 0.29) is 23.9 Å². The largest absolute Gasteiger partial charge is 0.481 e. The summed E-state index contributed by atoms with van der Waals surface area (Å²) in [5, 5.41) is 15.9. The van der Waals surface area contributed by atoms with Crippen molar-refractivity contribution in [1.29, 1.82) is 0 Å². The van der Waals surface area contributed by atoms with Crippen LogP contribution < -0.4 is 5.32 Å². The second-order valence-electron chi connectivity index (χ2n) is 5.06.